The van der Waals surface area contributed by atoms with Gasteiger partial charge in [-0.05, 0) is 301 Å². The molecular formula is C127H239N3O2. The highest BCUT2D eigenvalue weighted by Crippen LogP contribution is 2.62. The van der Waals surface area contributed by atoms with Crippen molar-refractivity contribution in [2.75, 3.05) is 19.6 Å². The largest absolute Gasteiger partial charge is 0.356 e. The maximum atomic E-state index is 11.1. The van der Waals surface area contributed by atoms with Gasteiger partial charge in [-0.25, -0.2) is 0 Å². The van der Waals surface area contributed by atoms with Gasteiger partial charge in [-0.1, -0.05) is 464 Å². The predicted octanol–water partition coefficient (Wildman–Crippen LogP) is 41.2. The van der Waals surface area contributed by atoms with E-state index in [1.54, 1.807) is 138 Å². The standard InChI is InChI=1S/C13H10.C10H12.C9H15N.C9H11N.C9H10.C8H13NO.C8H12O.C8H14.C7H12.C6H10.20C2H6/c1-3-7-12-10(5-1)9-11-6-2-4-8-13(11)12;1-2-6-10-8-4-3-7-9(10)5-1;1-2-9(1)3-7-5-10-6-8(7)4-9;1-2-6-9-8(4-1)5-3-7-10-9;1-2-5-9-7-3-6-8(9)4-1;10-8-7-4-2-1-3-6(7)5-9-8;9-8-5-6-1-3-7(8)4-2-6;1-2-7-4-5-8(3-1)6-7;1-2-7-4-3-6(1)5-7;1-2-6-3-5(1)4-6;20*1-2/h1-8H,9H2;1-2,5-6H,3-4,7-8H2;7-8,10H,1-6H2;3,5,7H,1-2,4,6H2;1-2,4-5H,3,6-7H2;6-7H,1-5H2,(H,9,10);6-7H,1-5H2;7-8H,1-6H2;6-7H,1-5H2;5-6H,1-4H2;20*1-2H3/t;;7-,8+;;;6-,7-;;;;;;;;;;;;;;;;;;;;;;;;/m.....0......................../s1. The first-order chi connectivity index (χ1) is 65.3. The van der Waals surface area contributed by atoms with E-state index in [1.165, 1.54) is 192 Å². The van der Waals surface area contributed by atoms with E-state index in [0.717, 1.165) is 60.8 Å². The van der Waals surface area contributed by atoms with E-state index in [2.05, 4.69) is 119 Å². The van der Waals surface area contributed by atoms with E-state index in [4.69, 9.17) is 0 Å². The summed E-state index contributed by atoms with van der Waals surface area (Å²) in [6.45, 7) is 83.6. The molecule has 6 atom stereocenters. The fraction of sp³-hybridized carbons (Fsp3) is 0.756. The van der Waals surface area contributed by atoms with Crippen LogP contribution in [0, 0.1) is 76.4 Å². The molecule has 8 bridgehead atoms. The topological polar surface area (TPSA) is 71.1 Å². The summed E-state index contributed by atoms with van der Waals surface area (Å²) in [6, 6.07) is 39.1. The van der Waals surface area contributed by atoms with Gasteiger partial charge in [0.1, 0.15) is 5.78 Å². The SMILES string of the molecule is C1CC2CC1C2.C1CC2CCC(C1)C2.C1CC2CCC1C2.C1NC[C@H]2CC3(CC3)C[C@@H]12.CC.CC.CC.CC.CC.CC.CC.CC.CC.CC.CC.CC.CC.CC.CC.CC.CC.CC.CC.CC.O=C1CC2CCC1CC2.O=C1NC[C@@H]2CCCC[C@H]12.c1ccc2c(c1)CCC2.c1ccc2c(c1)CCCC2.c1ccc2c(c1)Cc1ccccc1-2.c1cnc2c(c1)CCCC2. The Morgan fingerprint density at radius 1 is 0.273 bits per heavy atom. The second-order valence-electron chi connectivity index (χ2n) is 32.7. The number of benzene rings is 4. The Kier molecular flexibility index (Phi) is 112. The van der Waals surface area contributed by atoms with Crippen molar-refractivity contribution in [1.29, 1.82) is 0 Å². The van der Waals surface area contributed by atoms with Crippen molar-refractivity contribution in [3.05, 3.63) is 160 Å². The molecule has 5 nitrogen and oxygen atoms in total. The molecule has 24 rings (SSSR count). The molecule has 2 saturated heterocycles. The number of nitrogens with zero attached hydrogens (tertiary/aromatic N) is 1. The predicted molar refractivity (Wildman–Crippen MR) is 609 cm³/mol. The van der Waals surface area contributed by atoms with Crippen LogP contribution in [0.25, 0.3) is 11.1 Å². The molecular weight excluding hydrogens is 1600 g/mol. The molecule has 2 N–H and O–H groups in total. The molecule has 2 aliphatic heterocycles. The average molecular weight is 1840 g/mol. The number of aryl methyl sites for hydroxylation is 6. The summed E-state index contributed by atoms with van der Waals surface area (Å²) in [5.41, 5.74) is 15.7. The molecule has 19 aliphatic rings. The molecule has 132 heavy (non-hydrogen) atoms. The van der Waals surface area contributed by atoms with Crippen LogP contribution in [0.1, 0.15) is 533 Å². The summed E-state index contributed by atoms with van der Waals surface area (Å²) in [7, 11) is 0. The van der Waals surface area contributed by atoms with E-state index < -0.39 is 0 Å². The second-order valence-corrected chi connectivity index (χ2v) is 32.7. The lowest BCUT2D eigenvalue weighted by molar-refractivity contribution is -0.129. The number of carbonyl (C=O) groups is 2. The highest BCUT2D eigenvalue weighted by molar-refractivity contribution is 5.83. The molecule has 13 saturated carbocycles. The highest BCUT2D eigenvalue weighted by atomic mass is 16.2. The van der Waals surface area contributed by atoms with E-state index in [0.29, 0.717) is 29.4 Å². The molecule has 1 aromatic heterocycles. The summed E-state index contributed by atoms with van der Waals surface area (Å²) in [5.74, 6) is 12.4. The molecule has 5 heteroatoms. The maximum Gasteiger partial charge on any atom is 0.223 e. The molecule has 3 heterocycles. The minimum atomic E-state index is 0.310. The second kappa shape index (κ2) is 104. The normalized spacial score (nSPS) is 22.7. The average Bonchev–Trinajstić information content (AvgIpc) is 1.59. The Labute approximate surface area is 832 Å². The number of nitrogens with one attached hydrogen (secondary N) is 2. The van der Waals surface area contributed by atoms with Crippen molar-refractivity contribution in [3.63, 3.8) is 0 Å². The van der Waals surface area contributed by atoms with Gasteiger partial charge in [0.25, 0.3) is 0 Å². The Morgan fingerprint density at radius 2 is 0.583 bits per heavy atom. The monoisotopic (exact) mass is 1840 g/mol. The quantitative estimate of drug-likeness (QED) is 0.159. The number of amides is 1. The Morgan fingerprint density at radius 3 is 0.894 bits per heavy atom. The summed E-state index contributed by atoms with van der Waals surface area (Å²) >= 11 is 0. The van der Waals surface area contributed by atoms with Crippen molar-refractivity contribution in [3.8, 4) is 11.1 Å². The molecule has 5 aromatic rings. The van der Waals surface area contributed by atoms with Gasteiger partial charge in [-0.15, -0.1) is 0 Å². The van der Waals surface area contributed by atoms with Crippen LogP contribution in [0.2, 0.25) is 0 Å². The third-order valence-corrected chi connectivity index (χ3v) is 26.3. The number of Topliss-reactive ketones (excluding diaryl/α,β-unsaturated/α-hetero) is 1. The Bertz CT molecular complexity index is 2900. The highest BCUT2D eigenvalue weighted by Gasteiger charge is 2.53. The lowest BCUT2D eigenvalue weighted by atomic mass is 9.70. The summed E-state index contributed by atoms with van der Waals surface area (Å²) in [6.07, 6.45) is 58.1. The van der Waals surface area contributed by atoms with Gasteiger partial charge < -0.3 is 10.6 Å². The molecule has 17 aliphatic carbocycles. The van der Waals surface area contributed by atoms with Crippen LogP contribution in [-0.2, 0) is 54.5 Å². The number of fused-ring (bicyclic) bond motifs is 16. The molecule has 15 fully saturated rings. The van der Waals surface area contributed by atoms with Crippen LogP contribution in [0.3, 0.4) is 0 Å². The zero-order valence-corrected chi connectivity index (χ0v) is 97.1. The van der Waals surface area contributed by atoms with Crippen molar-refractivity contribution in [1.82, 2.24) is 15.6 Å². The van der Waals surface area contributed by atoms with Crippen LogP contribution in [0.5, 0.6) is 0 Å². The van der Waals surface area contributed by atoms with Crippen molar-refractivity contribution in [2.45, 2.75) is 534 Å². The van der Waals surface area contributed by atoms with Crippen LogP contribution in [0.15, 0.2) is 115 Å². The summed E-state index contributed by atoms with van der Waals surface area (Å²) in [5, 5.41) is 6.41. The number of hydrogen-bond acceptors (Lipinski definition) is 4. The zero-order chi connectivity index (χ0) is 102. The number of ketones is 1. The molecule has 4 aromatic carbocycles. The summed E-state index contributed by atoms with van der Waals surface area (Å²) < 4.78 is 0. The molecule has 1 spiro atoms. The van der Waals surface area contributed by atoms with Gasteiger partial charge in [0, 0.05) is 36.7 Å². The summed E-state index contributed by atoms with van der Waals surface area (Å²) in [4.78, 5) is 26.5. The first-order valence-corrected chi connectivity index (χ1v) is 59.1. The molecule has 2 unspecified atom stereocenters. The number of aromatic nitrogens is 1. The minimum Gasteiger partial charge on any atom is -0.356 e. The zero-order valence-electron chi connectivity index (χ0n) is 97.1. The first-order valence-electron chi connectivity index (χ1n) is 59.1. The van der Waals surface area contributed by atoms with Gasteiger partial charge in [-0.3, -0.25) is 14.6 Å². The number of rotatable bonds is 0. The third-order valence-electron chi connectivity index (χ3n) is 26.3. The Hall–Kier alpha value is -4.87. The van der Waals surface area contributed by atoms with E-state index in [9.17, 15) is 9.59 Å². The van der Waals surface area contributed by atoms with E-state index in [1.807, 2.05) is 289 Å². The van der Waals surface area contributed by atoms with E-state index in [-0.39, 0.29) is 0 Å². The molecule has 1 amide bonds. The molecule has 0 radical (unpaired) electrons. The Balaban J connectivity index is -0.000000207. The van der Waals surface area contributed by atoms with Gasteiger partial charge >= 0.3 is 0 Å². The lowest BCUT2D eigenvalue weighted by Gasteiger charge is -2.34. The number of hydrogen-bond donors (Lipinski definition) is 2. The van der Waals surface area contributed by atoms with Crippen LogP contribution in [-0.4, -0.2) is 36.3 Å². The van der Waals surface area contributed by atoms with Gasteiger partial charge in [0.2, 0.25) is 5.91 Å². The third kappa shape index (κ3) is 57.5. The molecule has 774 valence electrons. The van der Waals surface area contributed by atoms with Crippen LogP contribution in [0.4, 0.5) is 0 Å². The van der Waals surface area contributed by atoms with Crippen molar-refractivity contribution >= 4 is 11.7 Å². The number of carbonyl (C=O) groups excluding carboxylic acids is 2. The van der Waals surface area contributed by atoms with Crippen LogP contribution >= 0.6 is 0 Å². The van der Waals surface area contributed by atoms with Crippen molar-refractivity contribution < 1.29 is 9.59 Å². The smallest absolute Gasteiger partial charge is 0.223 e. The number of pyridine rings is 1. The minimum absolute atomic E-state index is 0.310. The van der Waals surface area contributed by atoms with Crippen LogP contribution < -0.4 is 10.6 Å². The van der Waals surface area contributed by atoms with Gasteiger partial charge in [-0.2, -0.15) is 0 Å². The fourth-order valence-corrected chi connectivity index (χ4v) is 20.5. The maximum absolute atomic E-state index is 11.1. The van der Waals surface area contributed by atoms with Gasteiger partial charge in [0.05, 0.1) is 0 Å². The van der Waals surface area contributed by atoms with E-state index >= 15 is 0 Å². The van der Waals surface area contributed by atoms with Crippen molar-refractivity contribution in [2.24, 2.45) is 76.4 Å². The first kappa shape index (κ1) is 143. The fourth-order valence-electron chi connectivity index (χ4n) is 20.5. The lowest BCUT2D eigenvalue weighted by Crippen LogP contribution is -2.30. The van der Waals surface area contributed by atoms with Gasteiger partial charge in [0.15, 0.2) is 0 Å².